The first-order valence-electron chi connectivity index (χ1n) is 7.06. The fraction of sp³-hybridized carbons (Fsp3) is 0.625. The third kappa shape index (κ3) is 3.74. The molecule has 1 aromatic carbocycles. The molecule has 2 atom stereocenters. The SMILES string of the molecule is CC(C)NCC1CC1c1cccc(OC(C)C)c1. The van der Waals surface area contributed by atoms with Gasteiger partial charge in [0, 0.05) is 6.04 Å². The quantitative estimate of drug-likeness (QED) is 0.829. The average Bonchev–Trinajstić information content (AvgIpc) is 3.05. The summed E-state index contributed by atoms with van der Waals surface area (Å²) in [6.07, 6.45) is 1.56. The van der Waals surface area contributed by atoms with Crippen molar-refractivity contribution < 1.29 is 4.74 Å². The predicted molar refractivity (Wildman–Crippen MR) is 76.2 cm³/mol. The third-order valence-corrected chi connectivity index (χ3v) is 3.37. The molecule has 0 aliphatic heterocycles. The van der Waals surface area contributed by atoms with Gasteiger partial charge in [-0.05, 0) is 56.3 Å². The summed E-state index contributed by atoms with van der Waals surface area (Å²) < 4.78 is 5.75. The molecule has 0 aromatic heterocycles. The summed E-state index contributed by atoms with van der Waals surface area (Å²) in [6.45, 7) is 9.68. The molecular weight excluding hydrogens is 222 g/mol. The van der Waals surface area contributed by atoms with Crippen LogP contribution in [0.4, 0.5) is 0 Å². The van der Waals surface area contributed by atoms with Crippen LogP contribution in [-0.2, 0) is 0 Å². The molecule has 1 saturated carbocycles. The number of benzene rings is 1. The van der Waals surface area contributed by atoms with E-state index in [1.54, 1.807) is 0 Å². The molecule has 18 heavy (non-hydrogen) atoms. The Hall–Kier alpha value is -1.02. The van der Waals surface area contributed by atoms with Crippen molar-refractivity contribution in [3.8, 4) is 5.75 Å². The van der Waals surface area contributed by atoms with Crippen LogP contribution in [0.5, 0.6) is 5.75 Å². The second-order valence-electron chi connectivity index (χ2n) is 5.90. The van der Waals surface area contributed by atoms with E-state index in [0.717, 1.165) is 24.1 Å². The van der Waals surface area contributed by atoms with Crippen molar-refractivity contribution in [3.05, 3.63) is 29.8 Å². The van der Waals surface area contributed by atoms with Crippen molar-refractivity contribution in [2.45, 2.75) is 52.2 Å². The number of hydrogen-bond acceptors (Lipinski definition) is 2. The normalized spacial score (nSPS) is 22.6. The highest BCUT2D eigenvalue weighted by molar-refractivity contribution is 5.34. The Labute approximate surface area is 111 Å². The molecule has 0 spiro atoms. The summed E-state index contributed by atoms with van der Waals surface area (Å²) in [5.41, 5.74) is 1.43. The van der Waals surface area contributed by atoms with E-state index in [9.17, 15) is 0 Å². The van der Waals surface area contributed by atoms with Gasteiger partial charge in [0.1, 0.15) is 5.75 Å². The Morgan fingerprint density at radius 1 is 1.28 bits per heavy atom. The minimum atomic E-state index is 0.248. The Kier molecular flexibility index (Phi) is 4.28. The van der Waals surface area contributed by atoms with Crippen LogP contribution in [0.25, 0.3) is 0 Å². The van der Waals surface area contributed by atoms with E-state index in [-0.39, 0.29) is 6.10 Å². The summed E-state index contributed by atoms with van der Waals surface area (Å²) in [6, 6.07) is 9.18. The minimum Gasteiger partial charge on any atom is -0.491 e. The van der Waals surface area contributed by atoms with Crippen LogP contribution < -0.4 is 10.1 Å². The van der Waals surface area contributed by atoms with Gasteiger partial charge in [-0.3, -0.25) is 0 Å². The van der Waals surface area contributed by atoms with Crippen molar-refractivity contribution in [1.29, 1.82) is 0 Å². The Balaban J connectivity index is 1.90. The van der Waals surface area contributed by atoms with Gasteiger partial charge in [0.15, 0.2) is 0 Å². The van der Waals surface area contributed by atoms with Gasteiger partial charge in [-0.15, -0.1) is 0 Å². The van der Waals surface area contributed by atoms with Gasteiger partial charge in [0.2, 0.25) is 0 Å². The van der Waals surface area contributed by atoms with Gasteiger partial charge in [-0.1, -0.05) is 26.0 Å². The first kappa shape index (κ1) is 13.4. The maximum Gasteiger partial charge on any atom is 0.119 e. The first-order valence-corrected chi connectivity index (χ1v) is 7.06. The molecule has 1 fully saturated rings. The molecule has 0 radical (unpaired) electrons. The monoisotopic (exact) mass is 247 g/mol. The predicted octanol–water partition coefficient (Wildman–Crippen LogP) is 3.58. The van der Waals surface area contributed by atoms with Crippen LogP contribution in [0.1, 0.15) is 45.6 Å². The zero-order valence-electron chi connectivity index (χ0n) is 11.9. The van der Waals surface area contributed by atoms with E-state index in [1.807, 2.05) is 6.07 Å². The van der Waals surface area contributed by atoms with E-state index < -0.39 is 0 Å². The smallest absolute Gasteiger partial charge is 0.119 e. The first-order chi connectivity index (χ1) is 8.56. The highest BCUT2D eigenvalue weighted by atomic mass is 16.5. The van der Waals surface area contributed by atoms with Gasteiger partial charge in [0.05, 0.1) is 6.10 Å². The second kappa shape index (κ2) is 5.75. The lowest BCUT2D eigenvalue weighted by molar-refractivity contribution is 0.242. The van der Waals surface area contributed by atoms with E-state index in [0.29, 0.717) is 6.04 Å². The molecule has 1 N–H and O–H groups in total. The maximum atomic E-state index is 5.75. The molecule has 2 nitrogen and oxygen atoms in total. The largest absolute Gasteiger partial charge is 0.491 e. The molecule has 0 heterocycles. The van der Waals surface area contributed by atoms with Gasteiger partial charge < -0.3 is 10.1 Å². The van der Waals surface area contributed by atoms with E-state index in [1.165, 1.54) is 12.0 Å². The summed E-state index contributed by atoms with van der Waals surface area (Å²) in [5, 5.41) is 3.52. The standard InChI is InChI=1S/C16H25NO/c1-11(2)17-10-14-9-16(14)13-6-5-7-15(8-13)18-12(3)4/h5-8,11-12,14,16-17H,9-10H2,1-4H3. The molecule has 100 valence electrons. The van der Waals surface area contributed by atoms with Crippen LogP contribution in [0.2, 0.25) is 0 Å². The lowest BCUT2D eigenvalue weighted by Gasteiger charge is -2.11. The van der Waals surface area contributed by atoms with Crippen molar-refractivity contribution >= 4 is 0 Å². The molecular formula is C16H25NO. The molecule has 0 bridgehead atoms. The van der Waals surface area contributed by atoms with E-state index in [2.05, 4.69) is 51.2 Å². The van der Waals surface area contributed by atoms with Gasteiger partial charge in [-0.2, -0.15) is 0 Å². The molecule has 1 aliphatic carbocycles. The zero-order chi connectivity index (χ0) is 13.1. The fourth-order valence-electron chi connectivity index (χ4n) is 2.36. The van der Waals surface area contributed by atoms with Crippen molar-refractivity contribution in [1.82, 2.24) is 5.32 Å². The Bertz CT molecular complexity index is 386. The maximum absolute atomic E-state index is 5.75. The number of hydrogen-bond donors (Lipinski definition) is 1. The summed E-state index contributed by atoms with van der Waals surface area (Å²) in [7, 11) is 0. The zero-order valence-corrected chi connectivity index (χ0v) is 11.9. The summed E-state index contributed by atoms with van der Waals surface area (Å²) in [5.74, 6) is 2.54. The van der Waals surface area contributed by atoms with Crippen LogP contribution in [-0.4, -0.2) is 18.7 Å². The minimum absolute atomic E-state index is 0.248. The van der Waals surface area contributed by atoms with Crippen LogP contribution in [0, 0.1) is 5.92 Å². The highest BCUT2D eigenvalue weighted by Gasteiger charge is 2.37. The molecule has 0 saturated heterocycles. The van der Waals surface area contributed by atoms with E-state index in [4.69, 9.17) is 4.74 Å². The average molecular weight is 247 g/mol. The lowest BCUT2D eigenvalue weighted by Crippen LogP contribution is -2.25. The Morgan fingerprint density at radius 3 is 2.72 bits per heavy atom. The second-order valence-corrected chi connectivity index (χ2v) is 5.90. The lowest BCUT2D eigenvalue weighted by atomic mass is 10.1. The van der Waals surface area contributed by atoms with E-state index >= 15 is 0 Å². The summed E-state index contributed by atoms with van der Waals surface area (Å²) in [4.78, 5) is 0. The molecule has 2 heteroatoms. The Morgan fingerprint density at radius 2 is 2.06 bits per heavy atom. The van der Waals surface area contributed by atoms with Gasteiger partial charge in [0.25, 0.3) is 0 Å². The number of ether oxygens (including phenoxy) is 1. The van der Waals surface area contributed by atoms with Crippen LogP contribution >= 0.6 is 0 Å². The van der Waals surface area contributed by atoms with Crippen molar-refractivity contribution in [2.75, 3.05) is 6.54 Å². The molecule has 2 unspecified atom stereocenters. The number of nitrogens with one attached hydrogen (secondary N) is 1. The molecule has 1 aromatic rings. The topological polar surface area (TPSA) is 21.3 Å². The molecule has 1 aliphatic rings. The highest BCUT2D eigenvalue weighted by Crippen LogP contribution is 2.47. The third-order valence-electron chi connectivity index (χ3n) is 3.37. The van der Waals surface area contributed by atoms with Gasteiger partial charge in [-0.25, -0.2) is 0 Å². The van der Waals surface area contributed by atoms with Gasteiger partial charge >= 0.3 is 0 Å². The van der Waals surface area contributed by atoms with Crippen LogP contribution in [0.15, 0.2) is 24.3 Å². The fourth-order valence-corrected chi connectivity index (χ4v) is 2.36. The molecule has 2 rings (SSSR count). The van der Waals surface area contributed by atoms with Crippen molar-refractivity contribution in [3.63, 3.8) is 0 Å². The van der Waals surface area contributed by atoms with Crippen LogP contribution in [0.3, 0.4) is 0 Å². The van der Waals surface area contributed by atoms with Crippen molar-refractivity contribution in [2.24, 2.45) is 5.92 Å². The molecule has 0 amide bonds. The summed E-state index contributed by atoms with van der Waals surface area (Å²) >= 11 is 0. The number of rotatable bonds is 6.